The zero-order valence-electron chi connectivity index (χ0n) is 20.8. The first-order chi connectivity index (χ1) is 17.2. The molecule has 4 aromatic rings. The standard InChI is InChI=1S/C27H30N6O3/c1-5-35-20-9-10-22-21(15-20)26(30-18-11-12-29-23(28)14-18)32-25(31-22)17-7-6-8-19(13-17)36-16-24(34)33-27(2,3)4/h6-15H,5,16H2,1-4H3,(H,33,34)(H3,28,29,30,31,32). The summed E-state index contributed by atoms with van der Waals surface area (Å²) in [6.45, 7) is 8.17. The zero-order chi connectivity index (χ0) is 25.7. The Morgan fingerprint density at radius 2 is 1.81 bits per heavy atom. The molecule has 9 nitrogen and oxygen atoms in total. The van der Waals surface area contributed by atoms with Crippen LogP contribution >= 0.6 is 0 Å². The monoisotopic (exact) mass is 486 g/mol. The predicted octanol–water partition coefficient (Wildman–Crippen LogP) is 4.71. The van der Waals surface area contributed by atoms with Crippen molar-refractivity contribution in [3.05, 3.63) is 60.8 Å². The maximum Gasteiger partial charge on any atom is 0.258 e. The van der Waals surface area contributed by atoms with Crippen LogP contribution in [0.25, 0.3) is 22.3 Å². The molecule has 186 valence electrons. The number of fused-ring (bicyclic) bond motifs is 1. The van der Waals surface area contributed by atoms with Gasteiger partial charge in [-0.1, -0.05) is 12.1 Å². The van der Waals surface area contributed by atoms with E-state index in [0.29, 0.717) is 29.8 Å². The third-order valence-corrected chi connectivity index (χ3v) is 5.00. The van der Waals surface area contributed by atoms with Crippen molar-refractivity contribution in [1.29, 1.82) is 0 Å². The van der Waals surface area contributed by atoms with Crippen molar-refractivity contribution in [2.75, 3.05) is 24.3 Å². The molecule has 9 heteroatoms. The number of hydrogen-bond acceptors (Lipinski definition) is 8. The minimum atomic E-state index is -0.327. The quantitative estimate of drug-likeness (QED) is 0.327. The number of carbonyl (C=O) groups excluding carboxylic acids is 1. The van der Waals surface area contributed by atoms with E-state index in [1.54, 1.807) is 18.3 Å². The van der Waals surface area contributed by atoms with Crippen LogP contribution in [0.2, 0.25) is 0 Å². The van der Waals surface area contributed by atoms with E-state index in [1.807, 2.05) is 70.2 Å². The Bertz CT molecular complexity index is 1380. The van der Waals surface area contributed by atoms with Crippen LogP contribution in [0.15, 0.2) is 60.8 Å². The summed E-state index contributed by atoms with van der Waals surface area (Å²) in [5.41, 5.74) is 7.77. The molecule has 4 N–H and O–H groups in total. The molecule has 0 unspecified atom stereocenters. The molecule has 2 heterocycles. The molecule has 2 aromatic carbocycles. The van der Waals surface area contributed by atoms with Gasteiger partial charge in [-0.15, -0.1) is 0 Å². The number of nitrogen functional groups attached to an aromatic ring is 1. The molecule has 0 aliphatic rings. The van der Waals surface area contributed by atoms with Crippen molar-refractivity contribution in [2.24, 2.45) is 0 Å². The number of ether oxygens (including phenoxy) is 2. The number of amides is 1. The molecule has 0 atom stereocenters. The van der Waals surface area contributed by atoms with Crippen LogP contribution in [0.4, 0.5) is 17.3 Å². The maximum atomic E-state index is 12.2. The molecule has 1 amide bonds. The average molecular weight is 487 g/mol. The van der Waals surface area contributed by atoms with Crippen molar-refractivity contribution in [3.8, 4) is 22.9 Å². The summed E-state index contributed by atoms with van der Waals surface area (Å²) in [7, 11) is 0. The van der Waals surface area contributed by atoms with Gasteiger partial charge in [-0.3, -0.25) is 4.79 Å². The van der Waals surface area contributed by atoms with Crippen molar-refractivity contribution in [1.82, 2.24) is 20.3 Å². The molecular formula is C27H30N6O3. The van der Waals surface area contributed by atoms with Gasteiger partial charge < -0.3 is 25.8 Å². The lowest BCUT2D eigenvalue weighted by atomic mass is 10.1. The van der Waals surface area contributed by atoms with Gasteiger partial charge in [0.25, 0.3) is 5.91 Å². The first-order valence-electron chi connectivity index (χ1n) is 11.7. The molecule has 0 aliphatic carbocycles. The largest absolute Gasteiger partial charge is 0.494 e. The number of carbonyl (C=O) groups is 1. The lowest BCUT2D eigenvalue weighted by Gasteiger charge is -2.20. The van der Waals surface area contributed by atoms with Gasteiger partial charge in [0.1, 0.15) is 23.1 Å². The Morgan fingerprint density at radius 1 is 1.00 bits per heavy atom. The van der Waals surface area contributed by atoms with Crippen LogP contribution in [0.1, 0.15) is 27.7 Å². The van der Waals surface area contributed by atoms with Gasteiger partial charge in [0.05, 0.1) is 12.1 Å². The smallest absolute Gasteiger partial charge is 0.258 e. The number of benzene rings is 2. The van der Waals surface area contributed by atoms with Crippen LogP contribution in [0.3, 0.4) is 0 Å². The number of rotatable bonds is 8. The van der Waals surface area contributed by atoms with Gasteiger partial charge in [0.2, 0.25) is 0 Å². The van der Waals surface area contributed by atoms with Crippen molar-refractivity contribution in [2.45, 2.75) is 33.2 Å². The molecule has 0 bridgehead atoms. The van der Waals surface area contributed by atoms with Crippen LogP contribution in [0.5, 0.6) is 11.5 Å². The third-order valence-electron chi connectivity index (χ3n) is 5.00. The van der Waals surface area contributed by atoms with Crippen LogP contribution in [-0.2, 0) is 4.79 Å². The van der Waals surface area contributed by atoms with Crippen molar-refractivity contribution >= 4 is 34.1 Å². The fourth-order valence-corrected chi connectivity index (χ4v) is 3.58. The highest BCUT2D eigenvalue weighted by molar-refractivity contribution is 5.93. The lowest BCUT2D eigenvalue weighted by molar-refractivity contribution is -0.124. The topological polar surface area (TPSA) is 124 Å². The first-order valence-corrected chi connectivity index (χ1v) is 11.7. The van der Waals surface area contributed by atoms with Crippen molar-refractivity contribution < 1.29 is 14.3 Å². The summed E-state index contributed by atoms with van der Waals surface area (Å²) in [6, 6.07) is 16.6. The second-order valence-corrected chi connectivity index (χ2v) is 9.22. The number of nitrogens with one attached hydrogen (secondary N) is 2. The van der Waals surface area contributed by atoms with Gasteiger partial charge in [-0.2, -0.15) is 0 Å². The Balaban J connectivity index is 1.68. The SMILES string of the molecule is CCOc1ccc2nc(-c3cccc(OCC(=O)NC(C)(C)C)c3)nc(Nc3ccnc(N)c3)c2c1. The Morgan fingerprint density at radius 3 is 2.56 bits per heavy atom. The minimum Gasteiger partial charge on any atom is -0.494 e. The number of nitrogens with two attached hydrogens (primary N) is 1. The van der Waals surface area contributed by atoms with Gasteiger partial charge in [0, 0.05) is 34.4 Å². The number of anilines is 3. The number of aromatic nitrogens is 3. The molecule has 0 aliphatic heterocycles. The zero-order valence-corrected chi connectivity index (χ0v) is 20.8. The highest BCUT2D eigenvalue weighted by Gasteiger charge is 2.15. The molecule has 0 radical (unpaired) electrons. The number of nitrogens with zero attached hydrogens (tertiary/aromatic N) is 3. The highest BCUT2D eigenvalue weighted by Crippen LogP contribution is 2.31. The van der Waals surface area contributed by atoms with Crippen LogP contribution in [-0.4, -0.2) is 39.6 Å². The van der Waals surface area contributed by atoms with E-state index < -0.39 is 0 Å². The van der Waals surface area contributed by atoms with Crippen LogP contribution in [0, 0.1) is 0 Å². The number of pyridine rings is 1. The van der Waals surface area contributed by atoms with E-state index in [1.165, 1.54) is 0 Å². The molecule has 2 aromatic heterocycles. The molecule has 0 spiro atoms. The highest BCUT2D eigenvalue weighted by atomic mass is 16.5. The minimum absolute atomic E-state index is 0.0875. The third kappa shape index (κ3) is 6.38. The summed E-state index contributed by atoms with van der Waals surface area (Å²) >= 11 is 0. The van der Waals surface area contributed by atoms with E-state index >= 15 is 0 Å². The normalized spacial score (nSPS) is 11.2. The van der Waals surface area contributed by atoms with Gasteiger partial charge in [0.15, 0.2) is 12.4 Å². The second-order valence-electron chi connectivity index (χ2n) is 9.22. The summed E-state index contributed by atoms with van der Waals surface area (Å²) in [4.78, 5) is 25.8. The molecule has 0 saturated heterocycles. The average Bonchev–Trinajstić information content (AvgIpc) is 2.82. The number of hydrogen-bond donors (Lipinski definition) is 3. The van der Waals surface area contributed by atoms with E-state index in [4.69, 9.17) is 25.2 Å². The first kappa shape index (κ1) is 24.7. The Labute approximate surface area is 210 Å². The van der Waals surface area contributed by atoms with E-state index in [9.17, 15) is 4.79 Å². The second kappa shape index (κ2) is 10.5. The Hall–Kier alpha value is -4.40. The molecule has 0 fully saturated rings. The molecule has 0 saturated carbocycles. The summed E-state index contributed by atoms with van der Waals surface area (Å²) in [5.74, 6) is 2.57. The van der Waals surface area contributed by atoms with Crippen LogP contribution < -0.4 is 25.8 Å². The van der Waals surface area contributed by atoms with Crippen molar-refractivity contribution in [3.63, 3.8) is 0 Å². The molecular weight excluding hydrogens is 456 g/mol. The summed E-state index contributed by atoms with van der Waals surface area (Å²) in [5, 5.41) is 7.01. The fourth-order valence-electron chi connectivity index (χ4n) is 3.58. The molecule has 36 heavy (non-hydrogen) atoms. The predicted molar refractivity (Wildman–Crippen MR) is 141 cm³/mol. The van der Waals surface area contributed by atoms with E-state index in [0.717, 1.165) is 27.9 Å². The van der Waals surface area contributed by atoms with E-state index in [-0.39, 0.29) is 18.1 Å². The van der Waals surface area contributed by atoms with Gasteiger partial charge in [-0.05, 0) is 64.1 Å². The van der Waals surface area contributed by atoms with Gasteiger partial charge in [-0.25, -0.2) is 15.0 Å². The molecule has 4 rings (SSSR count). The van der Waals surface area contributed by atoms with E-state index in [2.05, 4.69) is 15.6 Å². The Kier molecular flexibility index (Phi) is 7.19. The van der Waals surface area contributed by atoms with Gasteiger partial charge >= 0.3 is 0 Å². The fraction of sp³-hybridized carbons (Fsp3) is 0.259. The summed E-state index contributed by atoms with van der Waals surface area (Å²) < 4.78 is 11.4. The maximum absolute atomic E-state index is 12.2. The summed E-state index contributed by atoms with van der Waals surface area (Å²) in [6.07, 6.45) is 1.63. The lowest BCUT2D eigenvalue weighted by Crippen LogP contribution is -2.43.